The van der Waals surface area contributed by atoms with Gasteiger partial charge in [-0.3, -0.25) is 0 Å². The Kier molecular flexibility index (Phi) is 6.49. The summed E-state index contributed by atoms with van der Waals surface area (Å²) in [5, 5.41) is 8.94. The fraction of sp³-hybridized carbons (Fsp3) is 0.900. The first-order valence-electron chi connectivity index (χ1n) is 5.11. The smallest absolute Gasteiger partial charge is 0.364 e. The SMILES string of the molecule is CC(C)C[C@@H]([NH3+])C(=O)OCC[C@@H](C)O. The summed E-state index contributed by atoms with van der Waals surface area (Å²) in [6.45, 7) is 6.03. The Hall–Kier alpha value is -0.610. The number of aliphatic hydroxyl groups is 1. The molecule has 0 rings (SSSR count). The van der Waals surface area contributed by atoms with Crippen LogP contribution in [-0.4, -0.2) is 29.8 Å². The largest absolute Gasteiger partial charge is 0.461 e. The zero-order valence-electron chi connectivity index (χ0n) is 9.32. The number of aliphatic hydroxyl groups excluding tert-OH is 1. The predicted molar refractivity (Wildman–Crippen MR) is 53.4 cm³/mol. The average molecular weight is 204 g/mol. The topological polar surface area (TPSA) is 74.2 Å². The Labute approximate surface area is 85.4 Å². The monoisotopic (exact) mass is 204 g/mol. The molecule has 0 bridgehead atoms. The molecule has 0 aliphatic heterocycles. The second-order valence-corrected chi connectivity index (χ2v) is 4.13. The van der Waals surface area contributed by atoms with Gasteiger partial charge in [0.05, 0.1) is 12.7 Å². The van der Waals surface area contributed by atoms with Gasteiger partial charge in [-0.05, 0) is 12.8 Å². The molecule has 0 fully saturated rings. The maximum absolute atomic E-state index is 11.3. The van der Waals surface area contributed by atoms with Gasteiger partial charge in [0.1, 0.15) is 0 Å². The number of carbonyl (C=O) groups is 1. The predicted octanol–water partition coefficient (Wildman–Crippen LogP) is -0.0429. The molecule has 4 heteroatoms. The fourth-order valence-corrected chi connectivity index (χ4v) is 1.11. The average Bonchev–Trinajstić information content (AvgIpc) is 2.01. The lowest BCUT2D eigenvalue weighted by Crippen LogP contribution is -2.65. The Morgan fingerprint density at radius 1 is 1.43 bits per heavy atom. The standard InChI is InChI=1S/C10H21NO3/c1-7(2)6-9(11)10(13)14-5-4-8(3)12/h7-9,12H,4-6,11H2,1-3H3/p+1/t8-,9-/m1/s1. The Morgan fingerprint density at radius 3 is 2.43 bits per heavy atom. The van der Waals surface area contributed by atoms with Crippen LogP contribution in [0.15, 0.2) is 0 Å². The van der Waals surface area contributed by atoms with Gasteiger partial charge in [-0.25, -0.2) is 4.79 Å². The number of carbonyl (C=O) groups excluding carboxylic acids is 1. The van der Waals surface area contributed by atoms with E-state index in [0.717, 1.165) is 6.42 Å². The quantitative estimate of drug-likeness (QED) is 0.596. The van der Waals surface area contributed by atoms with E-state index in [4.69, 9.17) is 9.84 Å². The van der Waals surface area contributed by atoms with E-state index in [9.17, 15) is 4.79 Å². The molecule has 0 aromatic rings. The molecule has 0 saturated heterocycles. The van der Waals surface area contributed by atoms with Gasteiger partial charge in [0, 0.05) is 12.8 Å². The van der Waals surface area contributed by atoms with Crippen LogP contribution in [-0.2, 0) is 9.53 Å². The van der Waals surface area contributed by atoms with E-state index < -0.39 is 6.10 Å². The van der Waals surface area contributed by atoms with Crippen LogP contribution in [0.25, 0.3) is 0 Å². The van der Waals surface area contributed by atoms with Gasteiger partial charge in [-0.15, -0.1) is 0 Å². The number of hydrogen-bond acceptors (Lipinski definition) is 3. The van der Waals surface area contributed by atoms with E-state index >= 15 is 0 Å². The maximum atomic E-state index is 11.3. The molecule has 0 spiro atoms. The summed E-state index contributed by atoms with van der Waals surface area (Å²) in [6, 6.07) is -0.288. The van der Waals surface area contributed by atoms with Gasteiger partial charge in [0.2, 0.25) is 0 Å². The summed E-state index contributed by atoms with van der Waals surface area (Å²) in [7, 11) is 0. The lowest BCUT2D eigenvalue weighted by Gasteiger charge is -2.11. The first-order chi connectivity index (χ1) is 6.43. The Bertz CT molecular complexity index is 169. The van der Waals surface area contributed by atoms with Crippen LogP contribution in [0.4, 0.5) is 0 Å². The summed E-state index contributed by atoms with van der Waals surface area (Å²) in [5.74, 6) is 0.182. The molecule has 4 N–H and O–H groups in total. The summed E-state index contributed by atoms with van der Waals surface area (Å²) >= 11 is 0. The number of hydrogen-bond donors (Lipinski definition) is 2. The van der Waals surface area contributed by atoms with E-state index in [2.05, 4.69) is 5.73 Å². The minimum atomic E-state index is -0.420. The van der Waals surface area contributed by atoms with Crippen LogP contribution in [0.2, 0.25) is 0 Å². The highest BCUT2D eigenvalue weighted by molar-refractivity contribution is 5.73. The summed E-state index contributed by atoms with van der Waals surface area (Å²) in [5.41, 5.74) is 3.74. The molecule has 0 saturated carbocycles. The minimum Gasteiger partial charge on any atom is -0.461 e. The molecular weight excluding hydrogens is 182 g/mol. The summed E-state index contributed by atoms with van der Waals surface area (Å²) in [4.78, 5) is 11.3. The number of ether oxygens (including phenoxy) is 1. The van der Waals surface area contributed by atoms with Crippen molar-refractivity contribution in [3.05, 3.63) is 0 Å². The van der Waals surface area contributed by atoms with Crippen molar-refractivity contribution >= 4 is 5.97 Å². The molecule has 0 heterocycles. The van der Waals surface area contributed by atoms with Crippen molar-refractivity contribution in [2.24, 2.45) is 5.92 Å². The normalized spacial score (nSPS) is 15.3. The van der Waals surface area contributed by atoms with Crippen LogP contribution < -0.4 is 5.73 Å². The fourth-order valence-electron chi connectivity index (χ4n) is 1.11. The molecule has 0 radical (unpaired) electrons. The van der Waals surface area contributed by atoms with Gasteiger partial charge in [-0.2, -0.15) is 0 Å². The van der Waals surface area contributed by atoms with Gasteiger partial charge in [0.25, 0.3) is 0 Å². The Balaban J connectivity index is 3.62. The van der Waals surface area contributed by atoms with E-state index in [1.807, 2.05) is 13.8 Å². The summed E-state index contributed by atoms with van der Waals surface area (Å²) in [6.07, 6.45) is 0.810. The second-order valence-electron chi connectivity index (χ2n) is 4.13. The highest BCUT2D eigenvalue weighted by atomic mass is 16.5. The highest BCUT2D eigenvalue weighted by Gasteiger charge is 2.19. The molecule has 0 aliphatic carbocycles. The molecule has 2 atom stereocenters. The third kappa shape index (κ3) is 6.86. The van der Waals surface area contributed by atoms with Gasteiger partial charge < -0.3 is 15.6 Å². The van der Waals surface area contributed by atoms with Crippen molar-refractivity contribution < 1.29 is 20.4 Å². The van der Waals surface area contributed by atoms with Crippen LogP contribution in [0.3, 0.4) is 0 Å². The van der Waals surface area contributed by atoms with Crippen LogP contribution in [0.5, 0.6) is 0 Å². The molecule has 0 unspecified atom stereocenters. The molecule has 14 heavy (non-hydrogen) atoms. The van der Waals surface area contributed by atoms with Crippen molar-refractivity contribution in [3.8, 4) is 0 Å². The molecule has 0 aliphatic rings. The Morgan fingerprint density at radius 2 is 2.00 bits per heavy atom. The molecular formula is C10H22NO3+. The number of rotatable bonds is 6. The molecule has 4 nitrogen and oxygen atoms in total. The second kappa shape index (κ2) is 6.79. The number of quaternary nitrogens is 1. The molecule has 0 amide bonds. The van der Waals surface area contributed by atoms with Crippen molar-refractivity contribution in [1.29, 1.82) is 0 Å². The molecule has 0 aromatic carbocycles. The van der Waals surface area contributed by atoms with Crippen molar-refractivity contribution in [1.82, 2.24) is 0 Å². The minimum absolute atomic E-state index is 0.264. The van der Waals surface area contributed by atoms with E-state index in [1.54, 1.807) is 6.92 Å². The van der Waals surface area contributed by atoms with Crippen LogP contribution in [0.1, 0.15) is 33.6 Å². The van der Waals surface area contributed by atoms with Crippen molar-refractivity contribution in [2.45, 2.75) is 45.8 Å². The zero-order valence-corrected chi connectivity index (χ0v) is 9.32. The van der Waals surface area contributed by atoms with E-state index in [0.29, 0.717) is 12.3 Å². The lowest BCUT2D eigenvalue weighted by atomic mass is 10.1. The van der Waals surface area contributed by atoms with E-state index in [1.165, 1.54) is 0 Å². The maximum Gasteiger partial charge on any atom is 0.364 e. The first-order valence-corrected chi connectivity index (χ1v) is 5.11. The zero-order chi connectivity index (χ0) is 11.1. The van der Waals surface area contributed by atoms with Crippen molar-refractivity contribution in [2.75, 3.05) is 6.61 Å². The molecule has 0 aromatic heterocycles. The highest BCUT2D eigenvalue weighted by Crippen LogP contribution is 2.03. The van der Waals surface area contributed by atoms with E-state index in [-0.39, 0.29) is 18.6 Å². The van der Waals surface area contributed by atoms with Crippen LogP contribution in [0, 0.1) is 5.92 Å². The van der Waals surface area contributed by atoms with Crippen molar-refractivity contribution in [3.63, 3.8) is 0 Å². The number of esters is 1. The first kappa shape index (κ1) is 13.4. The van der Waals surface area contributed by atoms with Crippen LogP contribution >= 0.6 is 0 Å². The van der Waals surface area contributed by atoms with Gasteiger partial charge in [-0.1, -0.05) is 13.8 Å². The third-order valence-corrected chi connectivity index (χ3v) is 1.87. The molecule has 84 valence electrons. The lowest BCUT2D eigenvalue weighted by molar-refractivity contribution is -0.411. The van der Waals surface area contributed by atoms with Gasteiger partial charge >= 0.3 is 5.97 Å². The summed E-state index contributed by atoms with van der Waals surface area (Å²) < 4.78 is 4.95. The van der Waals surface area contributed by atoms with Gasteiger partial charge in [0.15, 0.2) is 6.04 Å². The third-order valence-electron chi connectivity index (χ3n) is 1.87.